The highest BCUT2D eigenvalue weighted by atomic mass is 19.1. The first-order chi connectivity index (χ1) is 14.0. The van der Waals surface area contributed by atoms with Crippen molar-refractivity contribution in [3.63, 3.8) is 0 Å². The Morgan fingerprint density at radius 3 is 2.21 bits per heavy atom. The SMILES string of the molecule is O=C(NCc1cc(F)cc(C(=O)O)c1)OCC1c2ccccc2-c2ccccc21. The second kappa shape index (κ2) is 7.75. The van der Waals surface area contributed by atoms with Gasteiger partial charge in [0, 0.05) is 12.5 Å². The van der Waals surface area contributed by atoms with Crippen molar-refractivity contribution in [3.05, 3.63) is 94.8 Å². The summed E-state index contributed by atoms with van der Waals surface area (Å²) in [5.74, 6) is -1.96. The number of carboxylic acid groups (broad SMARTS) is 1. The fourth-order valence-corrected chi connectivity index (χ4v) is 3.70. The molecular weight excluding hydrogens is 373 g/mol. The molecule has 5 nitrogen and oxygen atoms in total. The number of ether oxygens (including phenoxy) is 1. The van der Waals surface area contributed by atoms with Crippen molar-refractivity contribution in [1.82, 2.24) is 5.32 Å². The number of hydrogen-bond donors (Lipinski definition) is 2. The van der Waals surface area contributed by atoms with E-state index in [-0.39, 0.29) is 24.6 Å². The van der Waals surface area contributed by atoms with Crippen LogP contribution in [0.4, 0.5) is 9.18 Å². The van der Waals surface area contributed by atoms with E-state index < -0.39 is 17.9 Å². The Bertz CT molecular complexity index is 1050. The Hall–Kier alpha value is -3.67. The average molecular weight is 391 g/mol. The van der Waals surface area contributed by atoms with E-state index in [1.165, 1.54) is 12.1 Å². The molecule has 0 atom stereocenters. The second-order valence-electron chi connectivity index (χ2n) is 6.83. The molecule has 2 N–H and O–H groups in total. The summed E-state index contributed by atoms with van der Waals surface area (Å²) in [6, 6.07) is 19.5. The maximum atomic E-state index is 13.5. The zero-order valence-electron chi connectivity index (χ0n) is 15.4. The summed E-state index contributed by atoms with van der Waals surface area (Å²) >= 11 is 0. The lowest BCUT2D eigenvalue weighted by molar-refractivity contribution is 0.0696. The van der Waals surface area contributed by atoms with Crippen LogP contribution in [-0.4, -0.2) is 23.8 Å². The van der Waals surface area contributed by atoms with Crippen molar-refractivity contribution in [2.24, 2.45) is 0 Å². The summed E-state index contributed by atoms with van der Waals surface area (Å²) < 4.78 is 18.9. The van der Waals surface area contributed by atoms with Gasteiger partial charge in [0.05, 0.1) is 5.56 Å². The maximum Gasteiger partial charge on any atom is 0.407 e. The van der Waals surface area contributed by atoms with Gasteiger partial charge in [-0.2, -0.15) is 0 Å². The summed E-state index contributed by atoms with van der Waals surface area (Å²) in [4.78, 5) is 23.2. The van der Waals surface area contributed by atoms with E-state index in [1.54, 1.807) is 0 Å². The van der Waals surface area contributed by atoms with Gasteiger partial charge in [0.15, 0.2) is 0 Å². The predicted octanol–water partition coefficient (Wildman–Crippen LogP) is 4.56. The molecule has 4 rings (SSSR count). The molecule has 0 heterocycles. The van der Waals surface area contributed by atoms with Crippen molar-refractivity contribution >= 4 is 12.1 Å². The number of hydrogen-bond acceptors (Lipinski definition) is 3. The topological polar surface area (TPSA) is 75.6 Å². The number of halogens is 1. The van der Waals surface area contributed by atoms with Gasteiger partial charge in [0.1, 0.15) is 12.4 Å². The van der Waals surface area contributed by atoms with Crippen molar-refractivity contribution in [2.45, 2.75) is 12.5 Å². The highest BCUT2D eigenvalue weighted by Gasteiger charge is 2.28. The second-order valence-corrected chi connectivity index (χ2v) is 6.83. The van der Waals surface area contributed by atoms with Crippen LogP contribution in [0.2, 0.25) is 0 Å². The standard InChI is InChI=1S/C23H18FNO4/c24-16-10-14(9-15(11-16)22(26)27)12-25-23(28)29-13-21-19-7-3-1-5-17(19)18-6-2-4-8-20(18)21/h1-11,21H,12-13H2,(H,25,28)(H,26,27). The number of rotatable bonds is 5. The maximum absolute atomic E-state index is 13.5. The molecule has 0 saturated heterocycles. The fourth-order valence-electron chi connectivity index (χ4n) is 3.70. The first-order valence-electron chi connectivity index (χ1n) is 9.14. The van der Waals surface area contributed by atoms with Gasteiger partial charge < -0.3 is 15.2 Å². The van der Waals surface area contributed by atoms with E-state index in [0.29, 0.717) is 5.56 Å². The zero-order valence-corrected chi connectivity index (χ0v) is 15.4. The Morgan fingerprint density at radius 2 is 1.59 bits per heavy atom. The van der Waals surface area contributed by atoms with Crippen LogP contribution in [0.25, 0.3) is 11.1 Å². The van der Waals surface area contributed by atoms with Crippen LogP contribution in [0.5, 0.6) is 0 Å². The normalized spacial score (nSPS) is 12.2. The van der Waals surface area contributed by atoms with Crippen LogP contribution in [-0.2, 0) is 11.3 Å². The van der Waals surface area contributed by atoms with E-state index in [1.807, 2.05) is 36.4 Å². The van der Waals surface area contributed by atoms with Crippen molar-refractivity contribution < 1.29 is 23.8 Å². The van der Waals surface area contributed by atoms with Gasteiger partial charge >= 0.3 is 12.1 Å². The number of benzene rings is 3. The highest BCUT2D eigenvalue weighted by Crippen LogP contribution is 2.44. The quantitative estimate of drug-likeness (QED) is 0.668. The Kier molecular flexibility index (Phi) is 4.99. The number of fused-ring (bicyclic) bond motifs is 3. The number of carboxylic acids is 1. The number of carbonyl (C=O) groups excluding carboxylic acids is 1. The van der Waals surface area contributed by atoms with Gasteiger partial charge in [0.2, 0.25) is 0 Å². The van der Waals surface area contributed by atoms with Crippen molar-refractivity contribution in [3.8, 4) is 11.1 Å². The first kappa shape index (κ1) is 18.7. The minimum absolute atomic E-state index is 0.0330. The van der Waals surface area contributed by atoms with Crippen LogP contribution < -0.4 is 5.32 Å². The van der Waals surface area contributed by atoms with E-state index in [2.05, 4.69) is 17.4 Å². The summed E-state index contributed by atoms with van der Waals surface area (Å²) in [6.45, 7) is 0.137. The first-order valence-corrected chi connectivity index (χ1v) is 9.14. The molecular formula is C23H18FNO4. The van der Waals surface area contributed by atoms with Crippen LogP contribution in [0.3, 0.4) is 0 Å². The number of carbonyl (C=O) groups is 2. The van der Waals surface area contributed by atoms with Crippen molar-refractivity contribution in [1.29, 1.82) is 0 Å². The van der Waals surface area contributed by atoms with Crippen LogP contribution >= 0.6 is 0 Å². The Labute approximate surface area is 166 Å². The van der Waals surface area contributed by atoms with Gasteiger partial charge in [-0.05, 0) is 46.0 Å². The third-order valence-corrected chi connectivity index (χ3v) is 4.99. The highest BCUT2D eigenvalue weighted by molar-refractivity contribution is 5.87. The Morgan fingerprint density at radius 1 is 0.966 bits per heavy atom. The molecule has 0 radical (unpaired) electrons. The van der Waals surface area contributed by atoms with E-state index in [9.17, 15) is 14.0 Å². The van der Waals surface area contributed by atoms with Crippen LogP contribution in [0.15, 0.2) is 66.7 Å². The molecule has 6 heteroatoms. The van der Waals surface area contributed by atoms with Gasteiger partial charge in [0.25, 0.3) is 0 Å². The lowest BCUT2D eigenvalue weighted by Crippen LogP contribution is -2.25. The number of aromatic carboxylic acids is 1. The van der Waals surface area contributed by atoms with Gasteiger partial charge in [-0.15, -0.1) is 0 Å². The molecule has 0 fully saturated rings. The van der Waals surface area contributed by atoms with Crippen LogP contribution in [0, 0.1) is 5.82 Å². The molecule has 0 unspecified atom stereocenters. The molecule has 0 saturated carbocycles. The molecule has 3 aromatic rings. The summed E-state index contributed by atoms with van der Waals surface area (Å²) in [6.07, 6.45) is -0.645. The molecule has 3 aromatic carbocycles. The number of amides is 1. The van der Waals surface area contributed by atoms with Gasteiger partial charge in [-0.3, -0.25) is 0 Å². The lowest BCUT2D eigenvalue weighted by atomic mass is 9.98. The van der Waals surface area contributed by atoms with E-state index in [4.69, 9.17) is 9.84 Å². The third-order valence-electron chi connectivity index (χ3n) is 4.99. The molecule has 0 aromatic heterocycles. The summed E-state index contributed by atoms with van der Waals surface area (Å²) in [5, 5.41) is 11.5. The molecule has 0 bridgehead atoms. The fraction of sp³-hybridized carbons (Fsp3) is 0.130. The molecule has 0 aliphatic heterocycles. The van der Waals surface area contributed by atoms with Gasteiger partial charge in [-0.1, -0.05) is 48.5 Å². The van der Waals surface area contributed by atoms with Gasteiger partial charge in [-0.25, -0.2) is 14.0 Å². The predicted molar refractivity (Wildman–Crippen MR) is 105 cm³/mol. The molecule has 0 spiro atoms. The van der Waals surface area contributed by atoms with Crippen molar-refractivity contribution in [2.75, 3.05) is 6.61 Å². The third kappa shape index (κ3) is 3.82. The smallest absolute Gasteiger partial charge is 0.407 e. The number of nitrogens with one attached hydrogen (secondary N) is 1. The lowest BCUT2D eigenvalue weighted by Gasteiger charge is -2.14. The zero-order chi connectivity index (χ0) is 20.4. The molecule has 29 heavy (non-hydrogen) atoms. The van der Waals surface area contributed by atoms with E-state index >= 15 is 0 Å². The molecule has 1 amide bonds. The minimum Gasteiger partial charge on any atom is -0.478 e. The Balaban J connectivity index is 1.41. The largest absolute Gasteiger partial charge is 0.478 e. The number of alkyl carbamates (subject to hydrolysis) is 1. The van der Waals surface area contributed by atoms with Crippen LogP contribution in [0.1, 0.15) is 33.0 Å². The summed E-state index contributed by atoms with van der Waals surface area (Å²) in [7, 11) is 0. The monoisotopic (exact) mass is 391 g/mol. The average Bonchev–Trinajstić information content (AvgIpc) is 3.04. The molecule has 1 aliphatic rings. The molecule has 146 valence electrons. The summed E-state index contributed by atoms with van der Waals surface area (Å²) in [5.41, 5.74) is 4.66. The molecule has 1 aliphatic carbocycles. The minimum atomic E-state index is -1.23. The van der Waals surface area contributed by atoms with E-state index in [0.717, 1.165) is 28.3 Å².